The van der Waals surface area contributed by atoms with Crippen molar-refractivity contribution in [3.63, 3.8) is 0 Å². The quantitative estimate of drug-likeness (QED) is 0.855. The molecule has 2 aliphatic rings. The van der Waals surface area contributed by atoms with E-state index >= 15 is 0 Å². The molecule has 0 unspecified atom stereocenters. The topological polar surface area (TPSA) is 41.6 Å². The first-order valence-electron chi connectivity index (χ1n) is 7.19. The van der Waals surface area contributed by atoms with E-state index in [-0.39, 0.29) is 5.60 Å². The molecular formula is C15H18F2N2O2. The molecule has 1 aromatic rings. The van der Waals surface area contributed by atoms with Crippen LogP contribution >= 0.6 is 0 Å². The third kappa shape index (κ3) is 2.78. The molecule has 0 aromatic heterocycles. The second kappa shape index (κ2) is 5.69. The smallest absolute Gasteiger partial charge is 0.260 e. The van der Waals surface area contributed by atoms with Crippen molar-refractivity contribution in [3.8, 4) is 0 Å². The van der Waals surface area contributed by atoms with Crippen LogP contribution in [0.1, 0.15) is 23.2 Å². The Labute approximate surface area is 122 Å². The Kier molecular flexibility index (Phi) is 3.91. The zero-order chi connectivity index (χ0) is 14.9. The monoisotopic (exact) mass is 296 g/mol. The Morgan fingerprint density at radius 2 is 1.90 bits per heavy atom. The molecule has 3 rings (SSSR count). The maximum absolute atomic E-state index is 13.8. The molecule has 114 valence electrons. The highest BCUT2D eigenvalue weighted by molar-refractivity contribution is 5.94. The van der Waals surface area contributed by atoms with Gasteiger partial charge in [-0.1, -0.05) is 6.07 Å². The van der Waals surface area contributed by atoms with E-state index in [0.717, 1.165) is 38.1 Å². The highest BCUT2D eigenvalue weighted by Crippen LogP contribution is 2.28. The fourth-order valence-electron chi connectivity index (χ4n) is 3.06. The molecule has 1 spiro atoms. The van der Waals surface area contributed by atoms with Gasteiger partial charge in [-0.05, 0) is 38.1 Å². The highest BCUT2D eigenvalue weighted by Gasteiger charge is 2.40. The number of nitrogens with one attached hydrogen (secondary N) is 1. The molecule has 4 nitrogen and oxygen atoms in total. The van der Waals surface area contributed by atoms with Crippen LogP contribution in [0.3, 0.4) is 0 Å². The van der Waals surface area contributed by atoms with Crippen LogP contribution in [0.25, 0.3) is 0 Å². The molecule has 6 heteroatoms. The average Bonchev–Trinajstić information content (AvgIpc) is 2.48. The lowest BCUT2D eigenvalue weighted by atomic mass is 9.90. The molecule has 2 heterocycles. The number of benzene rings is 1. The lowest BCUT2D eigenvalue weighted by molar-refractivity contribution is -0.114. The SMILES string of the molecule is O=C(c1c(F)cccc1F)N1CCOC2(CCNCC2)C1. The predicted octanol–water partition coefficient (Wildman–Crippen LogP) is 1.56. The molecule has 2 fully saturated rings. The van der Waals surface area contributed by atoms with Gasteiger partial charge in [0.2, 0.25) is 0 Å². The largest absolute Gasteiger partial charge is 0.371 e. The van der Waals surface area contributed by atoms with Gasteiger partial charge in [0.25, 0.3) is 5.91 Å². The summed E-state index contributed by atoms with van der Waals surface area (Å²) in [5.41, 5.74) is -0.843. The van der Waals surface area contributed by atoms with Crippen molar-refractivity contribution in [1.82, 2.24) is 10.2 Å². The van der Waals surface area contributed by atoms with Crippen LogP contribution in [0.15, 0.2) is 18.2 Å². The van der Waals surface area contributed by atoms with Gasteiger partial charge in [-0.25, -0.2) is 8.78 Å². The summed E-state index contributed by atoms with van der Waals surface area (Å²) in [5, 5.41) is 3.25. The molecule has 2 aliphatic heterocycles. The molecule has 1 aromatic carbocycles. The minimum absolute atomic E-state index is 0.363. The molecule has 0 radical (unpaired) electrons. The van der Waals surface area contributed by atoms with Gasteiger partial charge in [-0.15, -0.1) is 0 Å². The third-order valence-corrected chi connectivity index (χ3v) is 4.23. The van der Waals surface area contributed by atoms with Crippen molar-refractivity contribution < 1.29 is 18.3 Å². The standard InChI is InChI=1S/C15H18F2N2O2/c16-11-2-1-3-12(17)13(11)14(20)19-8-9-21-15(10-19)4-6-18-7-5-15/h1-3,18H,4-10H2. The minimum Gasteiger partial charge on any atom is -0.371 e. The first kappa shape index (κ1) is 14.4. The van der Waals surface area contributed by atoms with Gasteiger partial charge in [0.1, 0.15) is 17.2 Å². The summed E-state index contributed by atoms with van der Waals surface area (Å²) in [4.78, 5) is 14.0. The number of rotatable bonds is 1. The van der Waals surface area contributed by atoms with E-state index < -0.39 is 23.1 Å². The lowest BCUT2D eigenvalue weighted by Gasteiger charge is -2.45. The van der Waals surface area contributed by atoms with Crippen molar-refractivity contribution in [1.29, 1.82) is 0 Å². The molecule has 0 atom stereocenters. The number of amides is 1. The maximum Gasteiger partial charge on any atom is 0.260 e. The van der Waals surface area contributed by atoms with Gasteiger partial charge < -0.3 is 15.0 Å². The first-order valence-corrected chi connectivity index (χ1v) is 7.19. The summed E-state index contributed by atoms with van der Waals surface area (Å²) in [6.07, 6.45) is 1.60. The van der Waals surface area contributed by atoms with Crippen LogP contribution in [-0.4, -0.2) is 49.2 Å². The van der Waals surface area contributed by atoms with Gasteiger partial charge in [0, 0.05) is 6.54 Å². The van der Waals surface area contributed by atoms with E-state index in [1.807, 2.05) is 0 Å². The first-order chi connectivity index (χ1) is 10.1. The van der Waals surface area contributed by atoms with E-state index in [0.29, 0.717) is 19.7 Å². The summed E-state index contributed by atoms with van der Waals surface area (Å²) >= 11 is 0. The Bertz CT molecular complexity index is 519. The van der Waals surface area contributed by atoms with Crippen LogP contribution in [0.5, 0.6) is 0 Å². The molecule has 1 N–H and O–H groups in total. The normalized spacial score (nSPS) is 21.5. The molecule has 21 heavy (non-hydrogen) atoms. The summed E-state index contributed by atoms with van der Waals surface area (Å²) in [5.74, 6) is -2.22. The number of hydrogen-bond donors (Lipinski definition) is 1. The number of nitrogens with zero attached hydrogens (tertiary/aromatic N) is 1. The molecule has 2 saturated heterocycles. The molecule has 0 aliphatic carbocycles. The fourth-order valence-corrected chi connectivity index (χ4v) is 3.06. The van der Waals surface area contributed by atoms with Gasteiger partial charge in [-0.2, -0.15) is 0 Å². The van der Waals surface area contributed by atoms with E-state index in [1.54, 1.807) is 0 Å². The van der Waals surface area contributed by atoms with Crippen LogP contribution in [0, 0.1) is 11.6 Å². The number of carbonyl (C=O) groups is 1. The number of hydrogen-bond acceptors (Lipinski definition) is 3. The summed E-state index contributed by atoms with van der Waals surface area (Å²) in [6.45, 7) is 2.82. The van der Waals surface area contributed by atoms with Crippen LogP contribution < -0.4 is 5.32 Å². The third-order valence-electron chi connectivity index (χ3n) is 4.23. The van der Waals surface area contributed by atoms with E-state index in [9.17, 15) is 13.6 Å². The maximum atomic E-state index is 13.8. The van der Waals surface area contributed by atoms with E-state index in [1.165, 1.54) is 11.0 Å². The molecule has 1 amide bonds. The van der Waals surface area contributed by atoms with Gasteiger partial charge in [-0.3, -0.25) is 4.79 Å². The fraction of sp³-hybridized carbons (Fsp3) is 0.533. The van der Waals surface area contributed by atoms with Crippen molar-refractivity contribution in [3.05, 3.63) is 35.4 Å². The van der Waals surface area contributed by atoms with Crippen molar-refractivity contribution in [2.75, 3.05) is 32.8 Å². The van der Waals surface area contributed by atoms with Crippen molar-refractivity contribution >= 4 is 5.91 Å². The zero-order valence-electron chi connectivity index (χ0n) is 11.7. The van der Waals surface area contributed by atoms with Crippen LogP contribution in [0.2, 0.25) is 0 Å². The second-order valence-electron chi connectivity index (χ2n) is 5.60. The lowest BCUT2D eigenvalue weighted by Crippen LogP contribution is -2.57. The number of carbonyl (C=O) groups excluding carboxylic acids is 1. The van der Waals surface area contributed by atoms with Gasteiger partial charge >= 0.3 is 0 Å². The Hall–Kier alpha value is -1.53. The second-order valence-corrected chi connectivity index (χ2v) is 5.60. The van der Waals surface area contributed by atoms with Crippen molar-refractivity contribution in [2.24, 2.45) is 0 Å². The predicted molar refractivity (Wildman–Crippen MR) is 73.0 cm³/mol. The summed E-state index contributed by atoms with van der Waals surface area (Å²) < 4.78 is 33.4. The molecular weight excluding hydrogens is 278 g/mol. The minimum atomic E-state index is -0.814. The van der Waals surface area contributed by atoms with Crippen LogP contribution in [0.4, 0.5) is 8.78 Å². The summed E-state index contributed by atoms with van der Waals surface area (Å²) in [6, 6.07) is 3.48. The average molecular weight is 296 g/mol. The zero-order valence-corrected chi connectivity index (χ0v) is 11.7. The number of halogens is 2. The van der Waals surface area contributed by atoms with Gasteiger partial charge in [0.05, 0.1) is 18.8 Å². The Morgan fingerprint density at radius 3 is 2.57 bits per heavy atom. The summed E-state index contributed by atoms with van der Waals surface area (Å²) in [7, 11) is 0. The van der Waals surface area contributed by atoms with Crippen LogP contribution in [-0.2, 0) is 4.74 Å². The number of ether oxygens (including phenoxy) is 1. The Morgan fingerprint density at radius 1 is 1.24 bits per heavy atom. The van der Waals surface area contributed by atoms with Crippen molar-refractivity contribution in [2.45, 2.75) is 18.4 Å². The highest BCUT2D eigenvalue weighted by atomic mass is 19.1. The van der Waals surface area contributed by atoms with E-state index in [4.69, 9.17) is 4.74 Å². The molecule has 0 bridgehead atoms. The van der Waals surface area contributed by atoms with Gasteiger partial charge in [0.15, 0.2) is 0 Å². The Balaban J connectivity index is 1.81. The van der Waals surface area contributed by atoms with E-state index in [2.05, 4.69) is 5.32 Å². The molecule has 0 saturated carbocycles. The number of piperidine rings is 1. The number of morpholine rings is 1.